The first kappa shape index (κ1) is 28.9. The molecule has 4 N–H and O–H groups in total. The van der Waals surface area contributed by atoms with Crippen LogP contribution in [0.3, 0.4) is 0 Å². The Morgan fingerprint density at radius 1 is 0.842 bits per heavy atom. The van der Waals surface area contributed by atoms with Crippen LogP contribution in [0, 0.1) is 11.6 Å². The molecule has 0 aliphatic carbocycles. The van der Waals surface area contributed by atoms with Gasteiger partial charge in [-0.25, -0.2) is 13.6 Å². The molecular weight excluding hydrogens is 527 g/mol. The van der Waals surface area contributed by atoms with Gasteiger partial charge in [0, 0.05) is 28.5 Å². The van der Waals surface area contributed by atoms with Crippen LogP contribution < -0.4 is 21.3 Å². The number of carbonyl (C=O) groups excluding carboxylic acids is 2. The third kappa shape index (κ3) is 7.68. The van der Waals surface area contributed by atoms with E-state index in [9.17, 15) is 31.5 Å². The fourth-order valence-corrected chi connectivity index (χ4v) is 3.69. The summed E-state index contributed by atoms with van der Waals surface area (Å²) in [6.07, 6.45) is -3.00. The molecule has 0 heterocycles. The van der Waals surface area contributed by atoms with Crippen LogP contribution in [-0.4, -0.2) is 23.7 Å². The largest absolute Gasteiger partial charge is 0.419 e. The molecule has 0 aliphatic rings. The highest BCUT2D eigenvalue weighted by molar-refractivity contribution is 7.98. The Balaban J connectivity index is 1.67. The number of benzene rings is 3. The lowest BCUT2D eigenvalue weighted by Gasteiger charge is -2.26. The number of carbonyl (C=O) groups is 2. The molecule has 3 rings (SSSR count). The van der Waals surface area contributed by atoms with Crippen LogP contribution >= 0.6 is 11.8 Å². The fraction of sp³-hybridized carbons (Fsp3) is 0.231. The minimum Gasteiger partial charge on any atom is -0.324 e. The van der Waals surface area contributed by atoms with Crippen molar-refractivity contribution in [1.82, 2.24) is 5.32 Å². The van der Waals surface area contributed by atoms with E-state index < -0.39 is 40.9 Å². The van der Waals surface area contributed by atoms with Crippen LogP contribution in [-0.2, 0) is 17.5 Å². The Labute approximate surface area is 220 Å². The van der Waals surface area contributed by atoms with Gasteiger partial charge in [-0.1, -0.05) is 6.07 Å². The summed E-state index contributed by atoms with van der Waals surface area (Å²) in [6.45, 7) is 2.96. The Morgan fingerprint density at radius 3 is 2.13 bits per heavy atom. The van der Waals surface area contributed by atoms with Gasteiger partial charge in [0.2, 0.25) is 5.91 Å². The zero-order chi connectivity index (χ0) is 28.1. The Hall–Kier alpha value is -3.64. The van der Waals surface area contributed by atoms with Gasteiger partial charge in [0.1, 0.15) is 11.6 Å². The van der Waals surface area contributed by atoms with Gasteiger partial charge in [-0.05, 0) is 80.3 Å². The standard InChI is InChI=1S/C26H25F5N4O2S/c1-25(2,23(36)33-18-8-11-21(28)20(13-18)26(29,30)31)32-14-15-4-5-16(27)12-22(15)35-24(37)34-17-6-9-19(38-3)10-7-17/h4-13,32H,14H2,1-3H3,(H,33,36)(H2,34,35,37). The van der Waals surface area contributed by atoms with E-state index in [2.05, 4.69) is 21.3 Å². The molecule has 0 bridgehead atoms. The Kier molecular flexibility index (Phi) is 9.00. The van der Waals surface area contributed by atoms with Crippen molar-refractivity contribution >= 4 is 40.8 Å². The number of halogens is 5. The second-order valence-corrected chi connectivity index (χ2v) is 9.61. The molecule has 0 radical (unpaired) electrons. The number of hydrogen-bond donors (Lipinski definition) is 4. The Morgan fingerprint density at radius 2 is 1.50 bits per heavy atom. The number of alkyl halides is 3. The van der Waals surface area contributed by atoms with Crippen LogP contribution in [0.4, 0.5) is 43.8 Å². The maximum Gasteiger partial charge on any atom is 0.419 e. The second-order valence-electron chi connectivity index (χ2n) is 8.73. The summed E-state index contributed by atoms with van der Waals surface area (Å²) in [5.74, 6) is -2.74. The van der Waals surface area contributed by atoms with Crippen molar-refractivity contribution < 1.29 is 31.5 Å². The molecule has 0 saturated carbocycles. The predicted molar refractivity (Wildman–Crippen MR) is 138 cm³/mol. The average Bonchev–Trinajstić information content (AvgIpc) is 2.84. The average molecular weight is 553 g/mol. The second kappa shape index (κ2) is 11.8. The molecule has 0 aromatic heterocycles. The first-order valence-electron chi connectivity index (χ1n) is 11.2. The Bertz CT molecular complexity index is 1310. The third-order valence-corrected chi connectivity index (χ3v) is 6.23. The van der Waals surface area contributed by atoms with E-state index in [0.29, 0.717) is 23.4 Å². The van der Waals surface area contributed by atoms with Gasteiger partial charge in [0.05, 0.1) is 11.1 Å². The topological polar surface area (TPSA) is 82.3 Å². The third-order valence-electron chi connectivity index (χ3n) is 5.49. The highest BCUT2D eigenvalue weighted by atomic mass is 32.2. The lowest BCUT2D eigenvalue weighted by molar-refractivity contribution is -0.140. The van der Waals surface area contributed by atoms with Gasteiger partial charge in [0.25, 0.3) is 0 Å². The van der Waals surface area contributed by atoms with Crippen LogP contribution in [0.2, 0.25) is 0 Å². The predicted octanol–water partition coefficient (Wildman–Crippen LogP) is 6.86. The summed E-state index contributed by atoms with van der Waals surface area (Å²) in [7, 11) is 0. The zero-order valence-corrected chi connectivity index (χ0v) is 21.4. The SMILES string of the molecule is CSc1ccc(NC(=O)Nc2cc(F)ccc2CNC(C)(C)C(=O)Nc2ccc(F)c(C(F)(F)F)c2)cc1. The highest BCUT2D eigenvalue weighted by Crippen LogP contribution is 2.33. The van der Waals surface area contributed by atoms with Gasteiger partial charge in [-0.3, -0.25) is 10.1 Å². The van der Waals surface area contributed by atoms with Gasteiger partial charge in [0.15, 0.2) is 0 Å². The lowest BCUT2D eigenvalue weighted by atomic mass is 10.0. The van der Waals surface area contributed by atoms with Crippen molar-refractivity contribution in [3.63, 3.8) is 0 Å². The molecule has 38 heavy (non-hydrogen) atoms. The number of amides is 3. The lowest BCUT2D eigenvalue weighted by Crippen LogP contribution is -2.49. The van der Waals surface area contributed by atoms with Crippen molar-refractivity contribution in [2.45, 2.75) is 37.0 Å². The van der Waals surface area contributed by atoms with E-state index in [-0.39, 0.29) is 17.9 Å². The number of hydrogen-bond acceptors (Lipinski definition) is 4. The maximum absolute atomic E-state index is 13.9. The number of nitrogens with one attached hydrogen (secondary N) is 4. The molecule has 0 atom stereocenters. The summed E-state index contributed by atoms with van der Waals surface area (Å²) < 4.78 is 66.5. The molecule has 202 valence electrons. The number of urea groups is 1. The van der Waals surface area contributed by atoms with Crippen LogP contribution in [0.1, 0.15) is 25.0 Å². The van der Waals surface area contributed by atoms with Crippen molar-refractivity contribution in [2.75, 3.05) is 22.2 Å². The van der Waals surface area contributed by atoms with Crippen molar-refractivity contribution in [2.24, 2.45) is 0 Å². The molecule has 0 spiro atoms. The smallest absolute Gasteiger partial charge is 0.324 e. The van der Waals surface area contributed by atoms with Crippen molar-refractivity contribution in [1.29, 1.82) is 0 Å². The summed E-state index contributed by atoms with van der Waals surface area (Å²) in [4.78, 5) is 26.3. The fourth-order valence-electron chi connectivity index (χ4n) is 3.28. The first-order valence-corrected chi connectivity index (χ1v) is 12.4. The van der Waals surface area contributed by atoms with Crippen molar-refractivity contribution in [3.8, 4) is 0 Å². The molecule has 0 fully saturated rings. The molecule has 3 aromatic carbocycles. The zero-order valence-electron chi connectivity index (χ0n) is 20.6. The number of anilines is 3. The van der Waals surface area contributed by atoms with E-state index in [1.807, 2.05) is 18.4 Å². The van der Waals surface area contributed by atoms with E-state index in [0.717, 1.165) is 17.0 Å². The van der Waals surface area contributed by atoms with E-state index in [1.54, 1.807) is 23.9 Å². The van der Waals surface area contributed by atoms with Gasteiger partial charge < -0.3 is 16.0 Å². The normalized spacial score (nSPS) is 11.7. The molecule has 6 nitrogen and oxygen atoms in total. The van der Waals surface area contributed by atoms with Gasteiger partial charge in [-0.15, -0.1) is 11.8 Å². The van der Waals surface area contributed by atoms with E-state index >= 15 is 0 Å². The summed E-state index contributed by atoms with van der Waals surface area (Å²) in [6, 6.07) is 12.4. The van der Waals surface area contributed by atoms with Crippen LogP contribution in [0.5, 0.6) is 0 Å². The summed E-state index contributed by atoms with van der Waals surface area (Å²) >= 11 is 1.55. The maximum atomic E-state index is 13.9. The van der Waals surface area contributed by atoms with E-state index in [1.165, 1.54) is 26.0 Å². The molecule has 0 saturated heterocycles. The molecule has 0 aliphatic heterocycles. The quantitative estimate of drug-likeness (QED) is 0.182. The van der Waals surface area contributed by atoms with Gasteiger partial charge in [-0.2, -0.15) is 13.2 Å². The molecular formula is C26H25F5N4O2S. The number of rotatable bonds is 8. The molecule has 3 aromatic rings. The minimum atomic E-state index is -4.92. The molecule has 0 unspecified atom stereocenters. The first-order chi connectivity index (χ1) is 17.8. The summed E-state index contributed by atoms with van der Waals surface area (Å²) in [5.41, 5.74) is -1.92. The van der Waals surface area contributed by atoms with Crippen LogP contribution in [0.15, 0.2) is 65.6 Å². The minimum absolute atomic E-state index is 0.00402. The highest BCUT2D eigenvalue weighted by Gasteiger charge is 2.35. The molecule has 12 heteroatoms. The number of thioether (sulfide) groups is 1. The van der Waals surface area contributed by atoms with E-state index in [4.69, 9.17) is 0 Å². The summed E-state index contributed by atoms with van der Waals surface area (Å²) in [5, 5.41) is 10.5. The van der Waals surface area contributed by atoms with Crippen LogP contribution in [0.25, 0.3) is 0 Å². The molecule has 3 amide bonds. The van der Waals surface area contributed by atoms with Gasteiger partial charge >= 0.3 is 12.2 Å². The van der Waals surface area contributed by atoms with Crippen molar-refractivity contribution in [3.05, 3.63) is 83.4 Å². The monoisotopic (exact) mass is 552 g/mol.